The molecule has 0 spiro atoms. The maximum atomic E-state index is 13.1. The van der Waals surface area contributed by atoms with Crippen molar-refractivity contribution in [3.05, 3.63) is 95.8 Å². The number of benzene rings is 3. The number of halogens is 1. The van der Waals surface area contributed by atoms with E-state index in [-0.39, 0.29) is 18.1 Å². The zero-order chi connectivity index (χ0) is 27.6. The summed E-state index contributed by atoms with van der Waals surface area (Å²) in [6, 6.07) is 22.2. The van der Waals surface area contributed by atoms with Crippen LogP contribution in [0.25, 0.3) is 16.9 Å². The largest absolute Gasteiger partial charge is 0.495 e. The minimum atomic E-state index is -0.999. The summed E-state index contributed by atoms with van der Waals surface area (Å²) in [6.07, 6.45) is 0.151. The number of amides is 1. The van der Waals surface area contributed by atoms with Crippen molar-refractivity contribution in [1.82, 2.24) is 19.8 Å². The molecule has 2 heterocycles. The van der Waals surface area contributed by atoms with Gasteiger partial charge < -0.3 is 20.5 Å². The second-order valence-corrected chi connectivity index (χ2v) is 9.53. The standard InChI is InChI=1S/C29H27FN6O3/c1-29(2,38)20-8-13-24(25(17-20)39-3)32-28-33-26-15-14-23(34-36(26)35-28)19-6-11-22(12-7-19)31-27(37)16-18-4-9-21(30)10-5-18/h4-15,17,38H,16H2,1-3H3,(H,31,37)(H,32,35). The van der Waals surface area contributed by atoms with E-state index in [1.807, 2.05) is 30.3 Å². The molecule has 0 saturated heterocycles. The first-order valence-corrected chi connectivity index (χ1v) is 12.2. The minimum absolute atomic E-state index is 0.151. The fourth-order valence-electron chi connectivity index (χ4n) is 4.00. The Kier molecular flexibility index (Phi) is 6.95. The highest BCUT2D eigenvalue weighted by Gasteiger charge is 2.18. The number of aromatic nitrogens is 4. The number of nitrogens with one attached hydrogen (secondary N) is 2. The fourth-order valence-corrected chi connectivity index (χ4v) is 4.00. The van der Waals surface area contributed by atoms with Crippen molar-refractivity contribution in [2.75, 3.05) is 17.7 Å². The van der Waals surface area contributed by atoms with Crippen molar-refractivity contribution in [1.29, 1.82) is 0 Å². The quantitative estimate of drug-likeness (QED) is 0.258. The molecule has 2 aromatic heterocycles. The van der Waals surface area contributed by atoms with E-state index in [9.17, 15) is 14.3 Å². The molecular formula is C29H27FN6O3. The van der Waals surface area contributed by atoms with Crippen molar-refractivity contribution in [2.24, 2.45) is 0 Å². The van der Waals surface area contributed by atoms with Crippen LogP contribution in [0.1, 0.15) is 25.0 Å². The molecule has 0 bridgehead atoms. The second-order valence-electron chi connectivity index (χ2n) is 9.53. The predicted molar refractivity (Wildman–Crippen MR) is 146 cm³/mol. The van der Waals surface area contributed by atoms with Crippen LogP contribution < -0.4 is 15.4 Å². The highest BCUT2D eigenvalue weighted by molar-refractivity contribution is 5.92. The Balaban J connectivity index is 1.28. The van der Waals surface area contributed by atoms with Crippen molar-refractivity contribution in [2.45, 2.75) is 25.9 Å². The molecule has 0 radical (unpaired) electrons. The minimum Gasteiger partial charge on any atom is -0.495 e. The summed E-state index contributed by atoms with van der Waals surface area (Å²) in [5, 5.41) is 25.3. The number of nitrogens with zero attached hydrogens (tertiary/aromatic N) is 4. The van der Waals surface area contributed by atoms with Gasteiger partial charge in [0.25, 0.3) is 0 Å². The number of hydrogen-bond acceptors (Lipinski definition) is 7. The first-order chi connectivity index (χ1) is 18.7. The molecule has 0 aliphatic heterocycles. The topological polar surface area (TPSA) is 114 Å². The van der Waals surface area contributed by atoms with E-state index >= 15 is 0 Å². The monoisotopic (exact) mass is 526 g/mol. The van der Waals surface area contributed by atoms with Gasteiger partial charge in [0.05, 0.1) is 30.5 Å². The fraction of sp³-hybridized carbons (Fsp3) is 0.172. The third-order valence-corrected chi connectivity index (χ3v) is 6.10. The lowest BCUT2D eigenvalue weighted by Gasteiger charge is -2.19. The first kappa shape index (κ1) is 25.8. The van der Waals surface area contributed by atoms with Crippen LogP contribution in [0.15, 0.2) is 78.9 Å². The smallest absolute Gasteiger partial charge is 0.249 e. The third-order valence-electron chi connectivity index (χ3n) is 6.10. The van der Waals surface area contributed by atoms with Crippen LogP contribution in [0.5, 0.6) is 5.75 Å². The van der Waals surface area contributed by atoms with E-state index in [2.05, 4.69) is 25.8 Å². The number of fused-ring (bicyclic) bond motifs is 1. The summed E-state index contributed by atoms with van der Waals surface area (Å²) in [6.45, 7) is 3.42. The molecule has 5 aromatic rings. The van der Waals surface area contributed by atoms with Gasteiger partial charge in [-0.1, -0.05) is 30.3 Å². The van der Waals surface area contributed by atoms with Gasteiger partial charge in [-0.2, -0.15) is 4.98 Å². The molecule has 0 saturated carbocycles. The van der Waals surface area contributed by atoms with Gasteiger partial charge in [0.1, 0.15) is 11.6 Å². The van der Waals surface area contributed by atoms with Gasteiger partial charge >= 0.3 is 0 Å². The summed E-state index contributed by atoms with van der Waals surface area (Å²) in [5.41, 5.74) is 3.81. The number of ether oxygens (including phenoxy) is 1. The van der Waals surface area contributed by atoms with Gasteiger partial charge in [0.15, 0.2) is 5.65 Å². The van der Waals surface area contributed by atoms with Crippen LogP contribution in [0, 0.1) is 5.82 Å². The van der Waals surface area contributed by atoms with E-state index in [0.717, 1.165) is 16.7 Å². The molecule has 0 fully saturated rings. The molecule has 0 aliphatic carbocycles. The van der Waals surface area contributed by atoms with Crippen molar-refractivity contribution in [3.63, 3.8) is 0 Å². The lowest BCUT2D eigenvalue weighted by Crippen LogP contribution is -2.15. The zero-order valence-electron chi connectivity index (χ0n) is 21.6. The molecule has 39 heavy (non-hydrogen) atoms. The number of methoxy groups -OCH3 is 1. The number of aliphatic hydroxyl groups is 1. The molecule has 1 amide bonds. The zero-order valence-corrected chi connectivity index (χ0v) is 21.6. The lowest BCUT2D eigenvalue weighted by atomic mass is 9.98. The molecule has 5 rings (SSSR count). The molecule has 3 aromatic carbocycles. The average molecular weight is 527 g/mol. The van der Waals surface area contributed by atoms with E-state index in [0.29, 0.717) is 34.4 Å². The molecule has 9 nitrogen and oxygen atoms in total. The number of anilines is 3. The molecular weight excluding hydrogens is 499 g/mol. The maximum absolute atomic E-state index is 13.1. The average Bonchev–Trinajstić information content (AvgIpc) is 3.31. The Bertz CT molecular complexity index is 1630. The van der Waals surface area contributed by atoms with Crippen LogP contribution >= 0.6 is 0 Å². The summed E-state index contributed by atoms with van der Waals surface area (Å²) in [4.78, 5) is 16.8. The summed E-state index contributed by atoms with van der Waals surface area (Å²) >= 11 is 0. The van der Waals surface area contributed by atoms with Crippen LogP contribution in [0.4, 0.5) is 21.7 Å². The Morgan fingerprint density at radius 2 is 1.74 bits per heavy atom. The van der Waals surface area contributed by atoms with E-state index in [1.165, 1.54) is 16.8 Å². The number of hydrogen-bond donors (Lipinski definition) is 3. The van der Waals surface area contributed by atoms with Gasteiger partial charge in [-0.3, -0.25) is 4.79 Å². The van der Waals surface area contributed by atoms with Crippen molar-refractivity contribution < 1.29 is 19.0 Å². The van der Waals surface area contributed by atoms with Gasteiger partial charge in [0, 0.05) is 11.3 Å². The predicted octanol–water partition coefficient (Wildman–Crippen LogP) is 5.09. The van der Waals surface area contributed by atoms with Gasteiger partial charge in [-0.05, 0) is 73.5 Å². The summed E-state index contributed by atoms with van der Waals surface area (Å²) < 4.78 is 20.0. The van der Waals surface area contributed by atoms with Crippen molar-refractivity contribution >= 4 is 28.9 Å². The number of carbonyl (C=O) groups is 1. The Labute approximate surface area is 224 Å². The van der Waals surface area contributed by atoms with Gasteiger partial charge in [-0.25, -0.2) is 4.39 Å². The van der Waals surface area contributed by atoms with Gasteiger partial charge in [-0.15, -0.1) is 14.8 Å². The highest BCUT2D eigenvalue weighted by atomic mass is 19.1. The molecule has 0 aliphatic rings. The molecule has 3 N–H and O–H groups in total. The van der Waals surface area contributed by atoms with Crippen LogP contribution in [-0.2, 0) is 16.8 Å². The number of carbonyl (C=O) groups excluding carboxylic acids is 1. The maximum Gasteiger partial charge on any atom is 0.249 e. The Morgan fingerprint density at radius 1 is 1.00 bits per heavy atom. The summed E-state index contributed by atoms with van der Waals surface area (Å²) in [5.74, 6) is 0.362. The van der Waals surface area contributed by atoms with E-state index in [1.54, 1.807) is 57.4 Å². The van der Waals surface area contributed by atoms with Crippen molar-refractivity contribution in [3.8, 4) is 17.0 Å². The first-order valence-electron chi connectivity index (χ1n) is 12.2. The van der Waals surface area contributed by atoms with Gasteiger partial charge in [0.2, 0.25) is 11.9 Å². The SMILES string of the molecule is COc1cc(C(C)(C)O)ccc1Nc1nc2ccc(-c3ccc(NC(=O)Cc4ccc(F)cc4)cc3)nn2n1. The lowest BCUT2D eigenvalue weighted by molar-refractivity contribution is -0.115. The highest BCUT2D eigenvalue weighted by Crippen LogP contribution is 2.32. The summed E-state index contributed by atoms with van der Waals surface area (Å²) in [7, 11) is 1.56. The molecule has 198 valence electrons. The van der Waals surface area contributed by atoms with Crippen LogP contribution in [0.2, 0.25) is 0 Å². The van der Waals surface area contributed by atoms with E-state index in [4.69, 9.17) is 4.74 Å². The molecule has 0 atom stereocenters. The molecule has 10 heteroatoms. The number of rotatable bonds is 8. The second kappa shape index (κ2) is 10.5. The third kappa shape index (κ3) is 6.02. The molecule has 0 unspecified atom stereocenters. The van der Waals surface area contributed by atoms with Crippen LogP contribution in [-0.4, -0.2) is 37.9 Å². The Hall–Kier alpha value is -4.83. The normalized spacial score (nSPS) is 11.4. The van der Waals surface area contributed by atoms with Crippen LogP contribution in [0.3, 0.4) is 0 Å². The Morgan fingerprint density at radius 3 is 2.44 bits per heavy atom. The van der Waals surface area contributed by atoms with E-state index < -0.39 is 5.60 Å².